The minimum Gasteiger partial charge on any atom is -0.497 e. The van der Waals surface area contributed by atoms with E-state index in [1.165, 1.54) is 5.56 Å². The Kier molecular flexibility index (Phi) is 5.65. The van der Waals surface area contributed by atoms with Crippen molar-refractivity contribution in [1.29, 1.82) is 0 Å². The van der Waals surface area contributed by atoms with Gasteiger partial charge in [-0.05, 0) is 54.3 Å². The van der Waals surface area contributed by atoms with Crippen LogP contribution >= 0.6 is 15.9 Å². The fraction of sp³-hybridized carbons (Fsp3) is 0.294. The summed E-state index contributed by atoms with van der Waals surface area (Å²) in [4.78, 5) is 0. The van der Waals surface area contributed by atoms with Crippen molar-refractivity contribution in [2.75, 3.05) is 14.2 Å². The van der Waals surface area contributed by atoms with Gasteiger partial charge in [-0.1, -0.05) is 28.1 Å². The molecule has 0 radical (unpaired) electrons. The Morgan fingerprint density at radius 2 is 1.62 bits per heavy atom. The average molecular weight is 350 g/mol. The first-order chi connectivity index (χ1) is 10.1. The third kappa shape index (κ3) is 4.22. The van der Waals surface area contributed by atoms with Crippen LogP contribution < -0.4 is 15.2 Å². The van der Waals surface area contributed by atoms with Crippen molar-refractivity contribution in [1.82, 2.24) is 0 Å². The summed E-state index contributed by atoms with van der Waals surface area (Å²) in [5.41, 5.74) is 8.64. The summed E-state index contributed by atoms with van der Waals surface area (Å²) < 4.78 is 11.4. The van der Waals surface area contributed by atoms with Crippen LogP contribution in [0.3, 0.4) is 0 Å². The van der Waals surface area contributed by atoms with E-state index >= 15 is 0 Å². The monoisotopic (exact) mass is 349 g/mol. The van der Waals surface area contributed by atoms with Crippen LogP contribution in [-0.4, -0.2) is 14.2 Å². The summed E-state index contributed by atoms with van der Waals surface area (Å²) in [6, 6.07) is 14.0. The molecule has 4 heteroatoms. The summed E-state index contributed by atoms with van der Waals surface area (Å²) >= 11 is 3.55. The molecular formula is C17H20BrNO2. The molecule has 1 unspecified atom stereocenters. The molecule has 2 aromatic carbocycles. The van der Waals surface area contributed by atoms with E-state index in [1.54, 1.807) is 14.2 Å². The lowest BCUT2D eigenvalue weighted by molar-refractivity contribution is 0.413. The number of hydrogen-bond acceptors (Lipinski definition) is 3. The molecule has 0 aromatic heterocycles. The van der Waals surface area contributed by atoms with Gasteiger partial charge in [-0.3, -0.25) is 0 Å². The Balaban J connectivity index is 2.02. The molecule has 2 aromatic rings. The molecule has 0 aliphatic heterocycles. The second-order valence-electron chi connectivity index (χ2n) is 4.88. The molecule has 0 bridgehead atoms. The zero-order chi connectivity index (χ0) is 15.2. The molecule has 0 aliphatic carbocycles. The molecular weight excluding hydrogens is 330 g/mol. The van der Waals surface area contributed by atoms with Gasteiger partial charge in [-0.25, -0.2) is 0 Å². The van der Waals surface area contributed by atoms with Crippen molar-refractivity contribution in [3.05, 3.63) is 58.1 Å². The number of nitrogens with two attached hydrogens (primary N) is 1. The summed E-state index contributed by atoms with van der Waals surface area (Å²) in [5.74, 6) is 1.70. The summed E-state index contributed by atoms with van der Waals surface area (Å²) in [7, 11) is 3.33. The smallest absolute Gasteiger partial charge is 0.119 e. The van der Waals surface area contributed by atoms with Crippen LogP contribution in [0.2, 0.25) is 0 Å². The number of halogens is 1. The van der Waals surface area contributed by atoms with E-state index in [0.29, 0.717) is 0 Å². The number of aryl methyl sites for hydroxylation is 1. The van der Waals surface area contributed by atoms with Gasteiger partial charge in [0, 0.05) is 10.5 Å². The number of hydrogen-bond donors (Lipinski definition) is 1. The van der Waals surface area contributed by atoms with Crippen molar-refractivity contribution >= 4 is 15.9 Å². The van der Waals surface area contributed by atoms with E-state index < -0.39 is 0 Å². The average Bonchev–Trinajstić information content (AvgIpc) is 2.53. The van der Waals surface area contributed by atoms with Gasteiger partial charge in [-0.2, -0.15) is 0 Å². The molecule has 2 rings (SSSR count). The molecule has 3 nitrogen and oxygen atoms in total. The van der Waals surface area contributed by atoms with E-state index in [1.807, 2.05) is 30.3 Å². The second-order valence-corrected chi connectivity index (χ2v) is 5.74. The van der Waals surface area contributed by atoms with Crippen molar-refractivity contribution in [3.8, 4) is 11.5 Å². The minimum atomic E-state index is -0.0309. The molecule has 0 amide bonds. The first-order valence-corrected chi connectivity index (χ1v) is 7.65. The Morgan fingerprint density at radius 1 is 1.00 bits per heavy atom. The highest BCUT2D eigenvalue weighted by Gasteiger charge is 2.11. The van der Waals surface area contributed by atoms with Crippen LogP contribution in [0.15, 0.2) is 46.9 Å². The zero-order valence-electron chi connectivity index (χ0n) is 12.3. The maximum Gasteiger partial charge on any atom is 0.119 e. The molecule has 0 spiro atoms. The Bertz CT molecular complexity index is 584. The minimum absolute atomic E-state index is 0.0309. The third-order valence-corrected chi connectivity index (χ3v) is 4.23. The lowest BCUT2D eigenvalue weighted by Gasteiger charge is -2.15. The summed E-state index contributed by atoms with van der Waals surface area (Å²) in [6.45, 7) is 0. The summed E-state index contributed by atoms with van der Waals surface area (Å²) in [6.07, 6.45) is 1.80. The van der Waals surface area contributed by atoms with Crippen LogP contribution in [-0.2, 0) is 6.42 Å². The highest BCUT2D eigenvalue weighted by Crippen LogP contribution is 2.29. The molecule has 0 saturated carbocycles. The maximum atomic E-state index is 6.31. The first kappa shape index (κ1) is 15.9. The van der Waals surface area contributed by atoms with Crippen LogP contribution in [0.4, 0.5) is 0 Å². The van der Waals surface area contributed by atoms with Gasteiger partial charge >= 0.3 is 0 Å². The van der Waals surface area contributed by atoms with Gasteiger partial charge in [0.05, 0.1) is 14.2 Å². The number of benzene rings is 2. The Labute approximate surface area is 134 Å². The lowest BCUT2D eigenvalue weighted by Crippen LogP contribution is -2.12. The molecule has 0 aliphatic rings. The number of methoxy groups -OCH3 is 2. The van der Waals surface area contributed by atoms with Crippen LogP contribution in [0.5, 0.6) is 11.5 Å². The SMILES string of the molecule is COc1ccc(CCC(N)c2cc(OC)ccc2Br)cc1. The van der Waals surface area contributed by atoms with Gasteiger partial charge in [0.15, 0.2) is 0 Å². The zero-order valence-corrected chi connectivity index (χ0v) is 13.9. The highest BCUT2D eigenvalue weighted by atomic mass is 79.9. The van der Waals surface area contributed by atoms with Gasteiger partial charge < -0.3 is 15.2 Å². The molecule has 0 fully saturated rings. The molecule has 1 atom stereocenters. The van der Waals surface area contributed by atoms with Crippen molar-refractivity contribution in [3.63, 3.8) is 0 Å². The quantitative estimate of drug-likeness (QED) is 0.853. The van der Waals surface area contributed by atoms with E-state index in [4.69, 9.17) is 15.2 Å². The molecule has 0 saturated heterocycles. The summed E-state index contributed by atoms with van der Waals surface area (Å²) in [5, 5.41) is 0. The molecule has 0 heterocycles. The van der Waals surface area contributed by atoms with Gasteiger partial charge in [-0.15, -0.1) is 0 Å². The van der Waals surface area contributed by atoms with E-state index in [9.17, 15) is 0 Å². The fourth-order valence-electron chi connectivity index (χ4n) is 2.20. The maximum absolute atomic E-state index is 6.31. The molecule has 21 heavy (non-hydrogen) atoms. The lowest BCUT2D eigenvalue weighted by atomic mass is 9.99. The number of rotatable bonds is 6. The predicted octanol–water partition coefficient (Wildman–Crippen LogP) is 4.10. The fourth-order valence-corrected chi connectivity index (χ4v) is 2.74. The Morgan fingerprint density at radius 3 is 2.24 bits per heavy atom. The molecule has 112 valence electrons. The van der Waals surface area contributed by atoms with Crippen LogP contribution in [0.25, 0.3) is 0 Å². The van der Waals surface area contributed by atoms with Gasteiger partial charge in [0.25, 0.3) is 0 Å². The van der Waals surface area contributed by atoms with Crippen LogP contribution in [0.1, 0.15) is 23.6 Å². The van der Waals surface area contributed by atoms with E-state index in [2.05, 4.69) is 28.1 Å². The van der Waals surface area contributed by atoms with Crippen molar-refractivity contribution in [2.45, 2.75) is 18.9 Å². The third-order valence-electron chi connectivity index (χ3n) is 3.51. The standard InChI is InChI=1S/C17H20BrNO2/c1-20-13-6-3-12(4-7-13)5-10-17(19)15-11-14(21-2)8-9-16(15)18/h3-4,6-9,11,17H,5,10,19H2,1-2H3. The van der Waals surface area contributed by atoms with Crippen molar-refractivity contribution in [2.24, 2.45) is 5.73 Å². The predicted molar refractivity (Wildman–Crippen MR) is 88.9 cm³/mol. The van der Waals surface area contributed by atoms with E-state index in [0.717, 1.165) is 34.4 Å². The van der Waals surface area contributed by atoms with Crippen molar-refractivity contribution < 1.29 is 9.47 Å². The van der Waals surface area contributed by atoms with Gasteiger partial charge in [0.2, 0.25) is 0 Å². The van der Waals surface area contributed by atoms with Crippen LogP contribution in [0, 0.1) is 0 Å². The second kappa shape index (κ2) is 7.48. The Hall–Kier alpha value is -1.52. The number of ether oxygens (including phenoxy) is 2. The first-order valence-electron chi connectivity index (χ1n) is 6.86. The largest absolute Gasteiger partial charge is 0.497 e. The van der Waals surface area contributed by atoms with Gasteiger partial charge in [0.1, 0.15) is 11.5 Å². The highest BCUT2D eigenvalue weighted by molar-refractivity contribution is 9.10. The van der Waals surface area contributed by atoms with E-state index in [-0.39, 0.29) is 6.04 Å². The molecule has 2 N–H and O–H groups in total. The normalized spacial score (nSPS) is 12.0. The topological polar surface area (TPSA) is 44.5 Å².